The van der Waals surface area contributed by atoms with Crippen molar-refractivity contribution in [2.45, 2.75) is 13.8 Å². The average molecular weight is 252 g/mol. The van der Waals surface area contributed by atoms with Gasteiger partial charge in [-0.15, -0.1) is 22.7 Å². The highest BCUT2D eigenvalue weighted by molar-refractivity contribution is 7.28. The van der Waals surface area contributed by atoms with Crippen molar-refractivity contribution in [2.75, 3.05) is 13.2 Å². The lowest BCUT2D eigenvalue weighted by Gasteiger charge is -1.94. The molecule has 2 aromatic rings. The molecule has 0 aliphatic heterocycles. The first-order valence-electron chi connectivity index (χ1n) is 5.12. The van der Waals surface area contributed by atoms with Crippen LogP contribution in [-0.4, -0.2) is 13.2 Å². The van der Waals surface area contributed by atoms with E-state index < -0.39 is 0 Å². The van der Waals surface area contributed by atoms with E-state index in [1.807, 2.05) is 13.8 Å². The molecule has 0 amide bonds. The number of hydrogen-bond acceptors (Lipinski definition) is 4. The Hall–Kier alpha value is -0.420. The molecule has 84 valence electrons. The molecule has 0 spiro atoms. The second kappa shape index (κ2) is 5.77. The molecule has 2 nitrogen and oxygen atoms in total. The van der Waals surface area contributed by atoms with Gasteiger partial charge >= 0.3 is 0 Å². The minimum atomic E-state index is 0.655. The summed E-state index contributed by atoms with van der Waals surface area (Å²) in [5.74, 6) is 0. The molecule has 2 heterocycles. The second-order valence-electron chi connectivity index (χ2n) is 3.02. The van der Waals surface area contributed by atoms with Gasteiger partial charge < -0.3 is 9.47 Å². The van der Waals surface area contributed by atoms with E-state index in [4.69, 9.17) is 9.47 Å². The first kappa shape index (κ1) is 12.0. The number of fused-ring (bicyclic) bond motifs is 1. The van der Waals surface area contributed by atoms with Crippen molar-refractivity contribution in [1.82, 2.24) is 0 Å². The summed E-state index contributed by atoms with van der Waals surface area (Å²) in [5, 5.41) is 0. The maximum absolute atomic E-state index is 5.14. The minimum Gasteiger partial charge on any atom is -0.363 e. The summed E-state index contributed by atoms with van der Waals surface area (Å²) in [7, 11) is 0. The highest BCUT2D eigenvalue weighted by Crippen LogP contribution is 2.34. The molecule has 0 N–H and O–H groups in total. The van der Waals surface area contributed by atoms with Gasteiger partial charge in [-0.05, 0) is 26.0 Å². The molecule has 0 aromatic carbocycles. The van der Waals surface area contributed by atoms with Crippen LogP contribution in [0.25, 0.3) is 9.40 Å². The molecule has 16 heavy (non-hydrogen) atoms. The smallest absolute Gasteiger partial charge is 0.176 e. The number of ether oxygens (including phenoxy) is 2. The summed E-state index contributed by atoms with van der Waals surface area (Å²) < 4.78 is 12.7. The van der Waals surface area contributed by atoms with E-state index >= 15 is 0 Å². The van der Waals surface area contributed by atoms with Crippen LogP contribution in [0.15, 0.2) is 12.1 Å². The van der Waals surface area contributed by atoms with Gasteiger partial charge in [-0.2, -0.15) is 0 Å². The molecule has 0 unspecified atom stereocenters. The van der Waals surface area contributed by atoms with Crippen molar-refractivity contribution in [3.63, 3.8) is 0 Å². The second-order valence-corrected chi connectivity index (χ2v) is 5.19. The summed E-state index contributed by atoms with van der Waals surface area (Å²) >= 11 is 3.34. The minimum absolute atomic E-state index is 0.655. The van der Waals surface area contributed by atoms with E-state index in [1.165, 1.54) is 9.40 Å². The molecule has 2 rings (SSSR count). The zero-order valence-corrected chi connectivity index (χ0v) is 10.8. The Labute approximate surface area is 104 Å². The number of hydrogen-bond donors (Lipinski definition) is 0. The van der Waals surface area contributed by atoms with Crippen molar-refractivity contribution in [3.05, 3.63) is 35.1 Å². The molecule has 4 heteroatoms. The van der Waals surface area contributed by atoms with E-state index in [1.54, 1.807) is 22.7 Å². The summed E-state index contributed by atoms with van der Waals surface area (Å²) in [5.41, 5.74) is 0. The molecule has 0 aliphatic rings. The van der Waals surface area contributed by atoms with Crippen LogP contribution in [0.1, 0.15) is 23.6 Å². The van der Waals surface area contributed by atoms with Gasteiger partial charge in [-0.1, -0.05) is 0 Å². The standard InChI is InChI=1S/C12H12O2S2/c1-3-13-7-9-5-11-12(15-9)6-10(16-11)8-14-4-2/h5-6H,3-4H2,1-2H3. The molecule has 0 atom stereocenters. The maximum Gasteiger partial charge on any atom is 0.176 e. The SMILES string of the molecule is CCO[C]c1cc2sc([C]OCC)cc2s1. The van der Waals surface area contributed by atoms with E-state index in [0.717, 1.165) is 9.75 Å². The van der Waals surface area contributed by atoms with E-state index in [0.29, 0.717) is 13.2 Å². The van der Waals surface area contributed by atoms with Crippen molar-refractivity contribution < 1.29 is 9.47 Å². The zero-order chi connectivity index (χ0) is 11.4. The molecule has 2 aromatic heterocycles. The predicted octanol–water partition coefficient (Wildman–Crippen LogP) is 3.81. The van der Waals surface area contributed by atoms with Gasteiger partial charge in [-0.25, -0.2) is 0 Å². The number of rotatable bonds is 6. The van der Waals surface area contributed by atoms with Crippen LogP contribution in [0.2, 0.25) is 0 Å². The Kier molecular flexibility index (Phi) is 4.35. The molecule has 0 fully saturated rings. The summed E-state index contributed by atoms with van der Waals surface area (Å²) in [6, 6.07) is 4.16. The monoisotopic (exact) mass is 252 g/mol. The Balaban J connectivity index is 2.07. The van der Waals surface area contributed by atoms with Crippen LogP contribution in [0, 0.1) is 13.2 Å². The fourth-order valence-corrected chi connectivity index (χ4v) is 3.32. The predicted molar refractivity (Wildman–Crippen MR) is 67.6 cm³/mol. The van der Waals surface area contributed by atoms with Gasteiger partial charge in [0.05, 0.1) is 0 Å². The molecule has 0 aliphatic carbocycles. The normalized spacial score (nSPS) is 11.4. The average Bonchev–Trinajstić information content (AvgIpc) is 2.80. The number of thiophene rings is 2. The highest BCUT2D eigenvalue weighted by atomic mass is 32.1. The Bertz CT molecular complexity index is 376. The first-order chi connectivity index (χ1) is 7.83. The first-order valence-corrected chi connectivity index (χ1v) is 6.75. The van der Waals surface area contributed by atoms with Crippen LogP contribution in [0.5, 0.6) is 0 Å². The van der Waals surface area contributed by atoms with Crippen molar-refractivity contribution in [1.29, 1.82) is 0 Å². The molecule has 4 radical (unpaired) electrons. The lowest BCUT2D eigenvalue weighted by molar-refractivity contribution is 0.231. The van der Waals surface area contributed by atoms with Crippen LogP contribution < -0.4 is 0 Å². The fourth-order valence-electron chi connectivity index (χ4n) is 1.22. The third-order valence-electron chi connectivity index (χ3n) is 1.84. The lowest BCUT2D eigenvalue weighted by atomic mass is 10.4. The van der Waals surface area contributed by atoms with Gasteiger partial charge in [0.2, 0.25) is 0 Å². The third kappa shape index (κ3) is 2.83. The van der Waals surface area contributed by atoms with Crippen molar-refractivity contribution in [2.24, 2.45) is 0 Å². The van der Waals surface area contributed by atoms with Crippen LogP contribution in [0.4, 0.5) is 0 Å². The van der Waals surface area contributed by atoms with Crippen LogP contribution in [0.3, 0.4) is 0 Å². The van der Waals surface area contributed by atoms with Gasteiger partial charge in [0.25, 0.3) is 0 Å². The Morgan fingerprint density at radius 3 is 1.75 bits per heavy atom. The maximum atomic E-state index is 5.14. The van der Waals surface area contributed by atoms with Crippen molar-refractivity contribution >= 4 is 32.1 Å². The summed E-state index contributed by atoms with van der Waals surface area (Å²) in [6.07, 6.45) is 0. The third-order valence-corrected chi connectivity index (χ3v) is 3.93. The lowest BCUT2D eigenvalue weighted by Crippen LogP contribution is -1.84. The zero-order valence-electron chi connectivity index (χ0n) is 9.20. The molecular weight excluding hydrogens is 240 g/mol. The van der Waals surface area contributed by atoms with Crippen LogP contribution in [-0.2, 0) is 9.47 Å². The van der Waals surface area contributed by atoms with Gasteiger partial charge in [0, 0.05) is 32.4 Å². The topological polar surface area (TPSA) is 18.5 Å². The summed E-state index contributed by atoms with van der Waals surface area (Å²) in [4.78, 5) is 2.07. The van der Waals surface area contributed by atoms with Crippen molar-refractivity contribution in [3.8, 4) is 0 Å². The molecule has 0 saturated heterocycles. The molecular formula is C12H12O2S2. The fraction of sp³-hybridized carbons (Fsp3) is 0.333. The van der Waals surface area contributed by atoms with Gasteiger partial charge in [0.1, 0.15) is 0 Å². The summed E-state index contributed by atoms with van der Waals surface area (Å²) in [6.45, 7) is 11.0. The van der Waals surface area contributed by atoms with E-state index in [9.17, 15) is 0 Å². The largest absolute Gasteiger partial charge is 0.363 e. The van der Waals surface area contributed by atoms with E-state index in [2.05, 4.69) is 25.3 Å². The highest BCUT2D eigenvalue weighted by Gasteiger charge is 2.08. The quantitative estimate of drug-likeness (QED) is 0.778. The van der Waals surface area contributed by atoms with Gasteiger partial charge in [-0.3, -0.25) is 0 Å². The molecule has 0 saturated carbocycles. The van der Waals surface area contributed by atoms with Gasteiger partial charge in [0.15, 0.2) is 13.2 Å². The van der Waals surface area contributed by atoms with E-state index in [-0.39, 0.29) is 0 Å². The van der Waals surface area contributed by atoms with Crippen LogP contribution >= 0.6 is 22.7 Å². The Morgan fingerprint density at radius 1 is 0.938 bits per heavy atom. The Morgan fingerprint density at radius 2 is 1.38 bits per heavy atom. The molecule has 0 bridgehead atoms.